The fourth-order valence-corrected chi connectivity index (χ4v) is 3.59. The first-order chi connectivity index (χ1) is 16.7. The van der Waals surface area contributed by atoms with Gasteiger partial charge in [0.25, 0.3) is 5.91 Å². The third-order valence-electron chi connectivity index (χ3n) is 5.10. The van der Waals surface area contributed by atoms with Gasteiger partial charge in [0.2, 0.25) is 5.91 Å². The van der Waals surface area contributed by atoms with Crippen molar-refractivity contribution in [1.29, 1.82) is 0 Å². The molecule has 0 aliphatic heterocycles. The van der Waals surface area contributed by atoms with Gasteiger partial charge in [0.15, 0.2) is 17.6 Å². The first-order valence-corrected chi connectivity index (χ1v) is 11.0. The zero-order valence-electron chi connectivity index (χ0n) is 20.2. The van der Waals surface area contributed by atoms with Crippen molar-refractivity contribution in [2.75, 3.05) is 19.5 Å². The van der Waals surface area contributed by atoms with Gasteiger partial charge in [-0.2, -0.15) is 13.2 Å². The lowest BCUT2D eigenvalue weighted by molar-refractivity contribution is -0.160. The maximum absolute atomic E-state index is 13.1. The fourth-order valence-electron chi connectivity index (χ4n) is 3.36. The summed E-state index contributed by atoms with van der Waals surface area (Å²) >= 11 is 5.59. The quantitative estimate of drug-likeness (QED) is 0.466. The molecule has 0 fully saturated rings. The van der Waals surface area contributed by atoms with E-state index in [0.717, 1.165) is 6.07 Å². The predicted molar refractivity (Wildman–Crippen MR) is 126 cm³/mol. The Labute approximate surface area is 211 Å². The molecular weight excluding hydrogens is 505 g/mol. The Hall–Kier alpha value is -3.47. The molecule has 0 spiro atoms. The predicted octanol–water partition coefficient (Wildman–Crippen LogP) is 4.38. The molecule has 2 atom stereocenters. The molecule has 0 radical (unpaired) electrons. The molecular formula is C24H26ClF3N2O6. The Morgan fingerprint density at radius 2 is 1.67 bits per heavy atom. The number of amides is 2. The van der Waals surface area contributed by atoms with Crippen LogP contribution in [-0.4, -0.2) is 43.6 Å². The molecule has 0 saturated carbocycles. The smallest absolute Gasteiger partial charge is 0.417 e. The van der Waals surface area contributed by atoms with Crippen molar-refractivity contribution in [3.63, 3.8) is 0 Å². The lowest BCUT2D eigenvalue weighted by Gasteiger charge is -2.29. The van der Waals surface area contributed by atoms with Crippen molar-refractivity contribution in [3.05, 3.63) is 52.5 Å². The van der Waals surface area contributed by atoms with E-state index in [1.165, 1.54) is 41.1 Å². The summed E-state index contributed by atoms with van der Waals surface area (Å²) in [6.45, 7) is 3.89. The molecule has 0 aliphatic rings. The highest BCUT2D eigenvalue weighted by Crippen LogP contribution is 2.36. The van der Waals surface area contributed by atoms with E-state index in [1.54, 1.807) is 18.2 Å². The van der Waals surface area contributed by atoms with Crippen molar-refractivity contribution in [3.8, 4) is 11.5 Å². The zero-order valence-corrected chi connectivity index (χ0v) is 21.0. The number of carbonyl (C=O) groups excluding carboxylic acids is 3. The maximum Gasteiger partial charge on any atom is 0.417 e. The topological polar surface area (TPSA) is 103 Å². The second kappa shape index (κ2) is 11.5. The molecule has 12 heteroatoms. The summed E-state index contributed by atoms with van der Waals surface area (Å²) < 4.78 is 55.0. The van der Waals surface area contributed by atoms with Gasteiger partial charge in [-0.1, -0.05) is 17.7 Å². The Morgan fingerprint density at radius 1 is 1.03 bits per heavy atom. The van der Waals surface area contributed by atoms with Crippen LogP contribution in [0.2, 0.25) is 5.02 Å². The van der Waals surface area contributed by atoms with Gasteiger partial charge >= 0.3 is 12.1 Å². The normalized spacial score (nSPS) is 13.7. The molecule has 0 saturated heterocycles. The molecule has 0 bridgehead atoms. The van der Waals surface area contributed by atoms with Crippen molar-refractivity contribution >= 4 is 35.1 Å². The minimum absolute atomic E-state index is 0.0216. The number of alkyl halides is 3. The number of rotatable bonds is 9. The van der Waals surface area contributed by atoms with E-state index in [1.807, 2.05) is 0 Å². The van der Waals surface area contributed by atoms with Crippen LogP contribution >= 0.6 is 11.6 Å². The minimum atomic E-state index is -4.72. The van der Waals surface area contributed by atoms with Gasteiger partial charge in [-0.3, -0.25) is 9.59 Å². The van der Waals surface area contributed by atoms with Crippen LogP contribution in [0.15, 0.2) is 36.4 Å². The first kappa shape index (κ1) is 28.8. The second-order valence-corrected chi connectivity index (χ2v) is 8.52. The van der Waals surface area contributed by atoms with E-state index in [2.05, 4.69) is 10.6 Å². The lowest BCUT2D eigenvalue weighted by Crippen LogP contribution is -2.55. The zero-order chi connectivity index (χ0) is 27.3. The molecule has 0 aromatic heterocycles. The largest absolute Gasteiger partial charge is 0.493 e. The van der Waals surface area contributed by atoms with Gasteiger partial charge in [-0.15, -0.1) is 0 Å². The molecule has 2 aromatic carbocycles. The van der Waals surface area contributed by atoms with Crippen LogP contribution in [0, 0.1) is 0 Å². The molecule has 36 heavy (non-hydrogen) atoms. The summed E-state index contributed by atoms with van der Waals surface area (Å²) in [4.78, 5) is 37.4. The van der Waals surface area contributed by atoms with Crippen LogP contribution in [0.25, 0.3) is 0 Å². The summed E-state index contributed by atoms with van der Waals surface area (Å²) in [6.07, 6.45) is -6.15. The monoisotopic (exact) mass is 530 g/mol. The Kier molecular flexibility index (Phi) is 9.20. The van der Waals surface area contributed by atoms with Crippen LogP contribution < -0.4 is 20.1 Å². The number of methoxy groups -OCH3 is 2. The van der Waals surface area contributed by atoms with Gasteiger partial charge in [0.1, 0.15) is 5.54 Å². The van der Waals surface area contributed by atoms with Crippen LogP contribution in [0.1, 0.15) is 31.9 Å². The Morgan fingerprint density at radius 3 is 2.22 bits per heavy atom. The van der Waals surface area contributed by atoms with Crippen LogP contribution in [0.5, 0.6) is 11.5 Å². The van der Waals surface area contributed by atoms with Crippen LogP contribution in [-0.2, 0) is 31.7 Å². The standard InChI is InChI=1S/C24H26ClF3N2O6/c1-13(21(32)29-16-7-8-18(25)17(11-16)24(26,27)28)36-22(33)23(3,30-14(2)31)12-15-6-9-19(34-4)20(10-15)35-5/h6-11,13H,12H2,1-5H3,(H,29,32)(H,30,31)/t13?,23-/m1/s1. The molecule has 2 aromatic rings. The number of esters is 1. The van der Waals surface area contributed by atoms with E-state index in [9.17, 15) is 27.6 Å². The van der Waals surface area contributed by atoms with Crippen molar-refractivity contribution < 1.29 is 41.8 Å². The van der Waals surface area contributed by atoms with Crippen LogP contribution in [0.4, 0.5) is 18.9 Å². The van der Waals surface area contributed by atoms with Gasteiger partial charge in [-0.05, 0) is 49.7 Å². The maximum atomic E-state index is 13.1. The van der Waals surface area contributed by atoms with E-state index in [4.69, 9.17) is 25.8 Å². The van der Waals surface area contributed by atoms with Gasteiger partial charge in [0.05, 0.1) is 24.8 Å². The highest BCUT2D eigenvalue weighted by Gasteiger charge is 2.38. The Bertz CT molecular complexity index is 1140. The highest BCUT2D eigenvalue weighted by atomic mass is 35.5. The average molecular weight is 531 g/mol. The molecule has 1 unspecified atom stereocenters. The van der Waals surface area contributed by atoms with E-state index < -0.39 is 46.2 Å². The molecule has 196 valence electrons. The molecule has 2 amide bonds. The minimum Gasteiger partial charge on any atom is -0.493 e. The Balaban J connectivity index is 2.20. The van der Waals surface area contributed by atoms with E-state index >= 15 is 0 Å². The average Bonchev–Trinajstić information content (AvgIpc) is 2.78. The number of hydrogen-bond acceptors (Lipinski definition) is 6. The summed E-state index contributed by atoms with van der Waals surface area (Å²) in [5.74, 6) is -1.46. The summed E-state index contributed by atoms with van der Waals surface area (Å²) in [7, 11) is 2.91. The number of benzene rings is 2. The molecule has 0 heterocycles. The first-order valence-electron chi connectivity index (χ1n) is 10.6. The van der Waals surface area contributed by atoms with Crippen LogP contribution in [0.3, 0.4) is 0 Å². The van der Waals surface area contributed by atoms with Gasteiger partial charge in [0, 0.05) is 19.0 Å². The van der Waals surface area contributed by atoms with Crippen molar-refractivity contribution in [2.24, 2.45) is 0 Å². The van der Waals surface area contributed by atoms with Crippen molar-refractivity contribution in [1.82, 2.24) is 5.32 Å². The number of carbonyl (C=O) groups is 3. The van der Waals surface area contributed by atoms with Crippen molar-refractivity contribution in [2.45, 2.75) is 45.0 Å². The lowest BCUT2D eigenvalue weighted by atomic mass is 9.92. The third kappa shape index (κ3) is 7.27. The van der Waals surface area contributed by atoms with Gasteiger partial charge < -0.3 is 24.8 Å². The highest BCUT2D eigenvalue weighted by molar-refractivity contribution is 6.31. The number of halogens is 4. The second-order valence-electron chi connectivity index (χ2n) is 8.11. The molecule has 2 N–H and O–H groups in total. The number of anilines is 1. The third-order valence-corrected chi connectivity index (χ3v) is 5.43. The van der Waals surface area contributed by atoms with E-state index in [-0.39, 0.29) is 12.1 Å². The summed E-state index contributed by atoms with van der Waals surface area (Å²) in [5.41, 5.74) is -2.29. The summed E-state index contributed by atoms with van der Waals surface area (Å²) in [6, 6.07) is 7.78. The molecule has 8 nitrogen and oxygen atoms in total. The molecule has 0 aliphatic carbocycles. The number of ether oxygens (including phenoxy) is 3. The molecule has 2 rings (SSSR count). The summed E-state index contributed by atoms with van der Waals surface area (Å²) in [5, 5.41) is 4.28. The fraction of sp³-hybridized carbons (Fsp3) is 0.375. The SMILES string of the molecule is COc1ccc(C[C@@](C)(NC(C)=O)C(=O)OC(C)C(=O)Nc2ccc(Cl)c(C(F)(F)F)c2)cc1OC. The van der Waals surface area contributed by atoms with E-state index in [0.29, 0.717) is 23.1 Å². The van der Waals surface area contributed by atoms with Gasteiger partial charge in [-0.25, -0.2) is 4.79 Å². The number of nitrogens with one attached hydrogen (secondary N) is 2. The number of hydrogen-bond donors (Lipinski definition) is 2.